The van der Waals surface area contributed by atoms with E-state index in [4.69, 9.17) is 16.3 Å². The van der Waals surface area contributed by atoms with E-state index in [9.17, 15) is 9.18 Å². The number of rotatable bonds is 11. The van der Waals surface area contributed by atoms with Gasteiger partial charge >= 0.3 is 0 Å². The van der Waals surface area contributed by atoms with Crippen LogP contribution in [0.4, 0.5) is 21.6 Å². The molecule has 2 N–H and O–H groups in total. The van der Waals surface area contributed by atoms with Crippen LogP contribution in [0.2, 0.25) is 5.02 Å². The molecule has 0 spiro atoms. The van der Waals surface area contributed by atoms with Gasteiger partial charge in [-0.3, -0.25) is 4.79 Å². The topological polar surface area (TPSA) is 79.4 Å². The van der Waals surface area contributed by atoms with Crippen LogP contribution in [0.5, 0.6) is 5.75 Å². The highest BCUT2D eigenvalue weighted by molar-refractivity contribution is 6.32. The van der Waals surface area contributed by atoms with Crippen molar-refractivity contribution >= 4 is 34.7 Å². The van der Waals surface area contributed by atoms with Crippen molar-refractivity contribution in [3.05, 3.63) is 70.6 Å². The summed E-state index contributed by atoms with van der Waals surface area (Å²) in [5.74, 6) is 2.97. The summed E-state index contributed by atoms with van der Waals surface area (Å²) in [6.07, 6.45) is 10.3. The van der Waals surface area contributed by atoms with Gasteiger partial charge in [0, 0.05) is 24.8 Å². The summed E-state index contributed by atoms with van der Waals surface area (Å²) in [5.41, 5.74) is 3.19. The first-order chi connectivity index (χ1) is 20.6. The number of nitrogens with one attached hydrogen (secondary N) is 2. The van der Waals surface area contributed by atoms with E-state index >= 15 is 0 Å². The maximum Gasteiger partial charge on any atom is 0.239 e. The molecule has 0 aliphatic heterocycles. The highest BCUT2D eigenvalue weighted by atomic mass is 35.5. The van der Waals surface area contributed by atoms with Crippen LogP contribution in [0.1, 0.15) is 78.9 Å². The Morgan fingerprint density at radius 3 is 2.30 bits per heavy atom. The number of halogens is 2. The molecule has 3 aromatic rings. The lowest BCUT2D eigenvalue weighted by atomic mass is 10.1. The Labute approximate surface area is 263 Å². The fourth-order valence-electron chi connectivity index (χ4n) is 3.42. The SMILES string of the molecule is C#CC.CCC.CCC.CCCNC(=O)CN(C)c1cnnc(Nc2ccc(OCc3cccc(F)c3)c(Cl)c2)c1CC. The second kappa shape index (κ2) is 23.7. The molecule has 236 valence electrons. The standard InChI is InChI=1S/C25H29ClFN5O2.2C3H8.C3H4/c1-4-11-28-24(33)15-32(3)22-14-29-31-25(20(22)5-2)30-19-9-10-23(21(26)13-19)34-16-17-7-6-8-18(27)12-17;3*1-3-2/h6-10,12-14H,4-5,11,15-16H2,1-3H3,(H,28,33)(H,30,31);2*3H2,1-2H3;1H,2H3. The second-order valence-corrected chi connectivity index (χ2v) is 9.92. The monoisotopic (exact) mass is 613 g/mol. The van der Waals surface area contributed by atoms with E-state index < -0.39 is 0 Å². The number of carbonyl (C=O) groups excluding carboxylic acids is 1. The molecule has 0 saturated heterocycles. The van der Waals surface area contributed by atoms with E-state index in [1.54, 1.807) is 37.4 Å². The van der Waals surface area contributed by atoms with E-state index in [0.717, 1.165) is 17.7 Å². The van der Waals surface area contributed by atoms with Crippen molar-refractivity contribution in [2.45, 2.75) is 80.8 Å². The van der Waals surface area contributed by atoms with E-state index in [1.165, 1.54) is 25.0 Å². The average Bonchev–Trinajstić information content (AvgIpc) is 2.97. The fourth-order valence-corrected chi connectivity index (χ4v) is 3.66. The van der Waals surface area contributed by atoms with Gasteiger partial charge in [-0.25, -0.2) is 4.39 Å². The van der Waals surface area contributed by atoms with Crippen LogP contribution in [-0.2, 0) is 17.8 Å². The molecule has 7 nitrogen and oxygen atoms in total. The number of benzene rings is 2. The average molecular weight is 614 g/mol. The highest BCUT2D eigenvalue weighted by Crippen LogP contribution is 2.32. The minimum absolute atomic E-state index is 0.0432. The Balaban J connectivity index is 0.00000174. The van der Waals surface area contributed by atoms with E-state index in [2.05, 4.69) is 60.9 Å². The summed E-state index contributed by atoms with van der Waals surface area (Å²) >= 11 is 6.42. The number of likely N-dealkylation sites (N-methyl/N-ethyl adjacent to an activating group) is 1. The maximum absolute atomic E-state index is 13.4. The Morgan fingerprint density at radius 1 is 1.09 bits per heavy atom. The van der Waals surface area contributed by atoms with E-state index in [1.807, 2.05) is 31.9 Å². The van der Waals surface area contributed by atoms with E-state index in [-0.39, 0.29) is 24.9 Å². The zero-order valence-corrected chi connectivity index (χ0v) is 27.8. The van der Waals surface area contributed by atoms with Crippen LogP contribution < -0.4 is 20.3 Å². The normalized spacial score (nSPS) is 9.42. The first-order valence-corrected chi connectivity index (χ1v) is 15.2. The van der Waals surface area contributed by atoms with Gasteiger partial charge in [0.1, 0.15) is 18.2 Å². The summed E-state index contributed by atoms with van der Waals surface area (Å²) in [5, 5.41) is 14.9. The number of nitrogens with zero attached hydrogens (tertiary/aromatic N) is 3. The molecular weight excluding hydrogens is 565 g/mol. The molecule has 0 bridgehead atoms. The van der Waals surface area contributed by atoms with Crippen LogP contribution >= 0.6 is 11.6 Å². The summed E-state index contributed by atoms with van der Waals surface area (Å²) in [6, 6.07) is 11.5. The Kier molecular flexibility index (Phi) is 21.6. The Morgan fingerprint density at radius 2 is 1.74 bits per heavy atom. The van der Waals surface area contributed by atoms with Crippen molar-refractivity contribution in [3.8, 4) is 18.1 Å². The number of ether oxygens (including phenoxy) is 1. The fraction of sp³-hybridized carbons (Fsp3) is 0.441. The van der Waals surface area contributed by atoms with Crippen molar-refractivity contribution in [3.63, 3.8) is 0 Å². The molecule has 1 amide bonds. The van der Waals surface area contributed by atoms with Gasteiger partial charge < -0.3 is 20.3 Å². The second-order valence-electron chi connectivity index (χ2n) is 9.51. The van der Waals surface area contributed by atoms with E-state index in [0.29, 0.717) is 40.8 Å². The van der Waals surface area contributed by atoms with Crippen molar-refractivity contribution in [1.82, 2.24) is 15.5 Å². The van der Waals surface area contributed by atoms with Gasteiger partial charge in [-0.1, -0.05) is 78.1 Å². The Bertz CT molecular complexity index is 1250. The summed E-state index contributed by atoms with van der Waals surface area (Å²) in [6.45, 7) is 15.3. The molecule has 1 aromatic heterocycles. The molecule has 1 heterocycles. The quantitative estimate of drug-likeness (QED) is 0.211. The zero-order valence-electron chi connectivity index (χ0n) is 27.1. The maximum atomic E-state index is 13.4. The van der Waals surface area contributed by atoms with Crippen LogP contribution in [0, 0.1) is 18.2 Å². The van der Waals surface area contributed by atoms with Crippen LogP contribution in [0.15, 0.2) is 48.7 Å². The molecular formula is C34H49ClFN5O2. The molecule has 0 atom stereocenters. The van der Waals surface area contributed by atoms with Gasteiger partial charge in [0.25, 0.3) is 0 Å². The van der Waals surface area contributed by atoms with Gasteiger partial charge in [0.05, 0.1) is 23.5 Å². The van der Waals surface area contributed by atoms with Crippen molar-refractivity contribution in [1.29, 1.82) is 0 Å². The van der Waals surface area contributed by atoms with Crippen molar-refractivity contribution in [2.75, 3.05) is 30.4 Å². The number of hydrogen-bond donors (Lipinski definition) is 2. The van der Waals surface area contributed by atoms with Gasteiger partial charge in [0.2, 0.25) is 5.91 Å². The molecule has 3 rings (SSSR count). The highest BCUT2D eigenvalue weighted by Gasteiger charge is 2.16. The molecule has 0 saturated carbocycles. The lowest BCUT2D eigenvalue weighted by molar-refractivity contribution is -0.119. The summed E-state index contributed by atoms with van der Waals surface area (Å²) < 4.78 is 19.1. The minimum Gasteiger partial charge on any atom is -0.487 e. The lowest BCUT2D eigenvalue weighted by Crippen LogP contribution is -2.36. The third-order valence-electron chi connectivity index (χ3n) is 5.13. The molecule has 9 heteroatoms. The van der Waals surface area contributed by atoms with Crippen molar-refractivity contribution in [2.24, 2.45) is 0 Å². The van der Waals surface area contributed by atoms with Crippen LogP contribution in [0.25, 0.3) is 0 Å². The number of amides is 1. The Hall–Kier alpha value is -3.83. The molecule has 0 aliphatic carbocycles. The van der Waals surface area contributed by atoms with Crippen molar-refractivity contribution < 1.29 is 13.9 Å². The predicted octanol–water partition coefficient (Wildman–Crippen LogP) is 8.59. The lowest BCUT2D eigenvalue weighted by Gasteiger charge is -2.22. The first-order valence-electron chi connectivity index (χ1n) is 14.8. The third-order valence-corrected chi connectivity index (χ3v) is 5.42. The minimum atomic E-state index is -0.311. The smallest absolute Gasteiger partial charge is 0.239 e. The third kappa shape index (κ3) is 15.8. The number of aromatic nitrogens is 2. The molecule has 2 aromatic carbocycles. The number of hydrogen-bond acceptors (Lipinski definition) is 6. The molecule has 43 heavy (non-hydrogen) atoms. The van der Waals surface area contributed by atoms with Crippen LogP contribution in [-0.4, -0.2) is 36.2 Å². The predicted molar refractivity (Wildman–Crippen MR) is 180 cm³/mol. The number of anilines is 3. The molecule has 0 fully saturated rings. The van der Waals surface area contributed by atoms with Gasteiger partial charge in [-0.15, -0.1) is 17.4 Å². The summed E-state index contributed by atoms with van der Waals surface area (Å²) in [4.78, 5) is 14.0. The number of carbonyl (C=O) groups is 1. The van der Waals surface area contributed by atoms with Crippen LogP contribution in [0.3, 0.4) is 0 Å². The molecule has 0 radical (unpaired) electrons. The first kappa shape index (κ1) is 39.2. The zero-order chi connectivity index (χ0) is 32.6. The van der Waals surface area contributed by atoms with Gasteiger partial charge in [0.15, 0.2) is 5.82 Å². The summed E-state index contributed by atoms with van der Waals surface area (Å²) in [7, 11) is 1.85. The molecule has 0 unspecified atom stereocenters. The molecule has 0 aliphatic rings. The van der Waals surface area contributed by atoms with Gasteiger partial charge in [-0.05, 0) is 55.7 Å². The van der Waals surface area contributed by atoms with Gasteiger partial charge in [-0.2, -0.15) is 5.10 Å². The number of terminal acetylenes is 1. The largest absolute Gasteiger partial charge is 0.487 e.